The first kappa shape index (κ1) is 10.9. The predicted octanol–water partition coefficient (Wildman–Crippen LogP) is 2.53. The SMILES string of the molecule is CC(C)C(N)c1cnn(-c2ccccc2)c1. The minimum atomic E-state index is 0.0532. The highest BCUT2D eigenvalue weighted by atomic mass is 15.3. The van der Waals surface area contributed by atoms with Crippen LogP contribution in [0.1, 0.15) is 25.5 Å². The highest BCUT2D eigenvalue weighted by Crippen LogP contribution is 2.19. The number of hydrogen-bond donors (Lipinski definition) is 1. The summed E-state index contributed by atoms with van der Waals surface area (Å²) in [5, 5.41) is 4.33. The van der Waals surface area contributed by atoms with E-state index in [0.717, 1.165) is 11.3 Å². The first-order valence-corrected chi connectivity index (χ1v) is 5.54. The second kappa shape index (κ2) is 4.49. The molecule has 0 spiro atoms. The number of aromatic nitrogens is 2. The fourth-order valence-corrected chi connectivity index (χ4v) is 1.62. The quantitative estimate of drug-likeness (QED) is 0.855. The Morgan fingerprint density at radius 3 is 2.50 bits per heavy atom. The van der Waals surface area contributed by atoms with Crippen molar-refractivity contribution in [3.05, 3.63) is 48.3 Å². The molecule has 0 saturated carbocycles. The van der Waals surface area contributed by atoms with Crippen molar-refractivity contribution in [1.29, 1.82) is 0 Å². The lowest BCUT2D eigenvalue weighted by Gasteiger charge is -2.12. The molecule has 2 aromatic rings. The van der Waals surface area contributed by atoms with E-state index < -0.39 is 0 Å². The number of hydrogen-bond acceptors (Lipinski definition) is 2. The van der Waals surface area contributed by atoms with E-state index in [9.17, 15) is 0 Å². The maximum absolute atomic E-state index is 6.08. The van der Waals surface area contributed by atoms with Crippen LogP contribution in [0.4, 0.5) is 0 Å². The van der Waals surface area contributed by atoms with Gasteiger partial charge in [0.15, 0.2) is 0 Å². The van der Waals surface area contributed by atoms with E-state index in [-0.39, 0.29) is 6.04 Å². The van der Waals surface area contributed by atoms with Gasteiger partial charge in [0.25, 0.3) is 0 Å². The highest BCUT2D eigenvalue weighted by Gasteiger charge is 2.12. The fourth-order valence-electron chi connectivity index (χ4n) is 1.62. The van der Waals surface area contributed by atoms with E-state index in [1.807, 2.05) is 47.4 Å². The summed E-state index contributed by atoms with van der Waals surface area (Å²) in [6.45, 7) is 4.23. The molecular weight excluding hydrogens is 198 g/mol. The molecule has 0 saturated heterocycles. The summed E-state index contributed by atoms with van der Waals surface area (Å²) in [5.74, 6) is 0.424. The van der Waals surface area contributed by atoms with E-state index in [1.165, 1.54) is 0 Å². The molecule has 2 rings (SSSR count). The molecular formula is C13H17N3. The van der Waals surface area contributed by atoms with Crippen LogP contribution in [0.25, 0.3) is 5.69 Å². The lowest BCUT2D eigenvalue weighted by molar-refractivity contribution is 0.514. The van der Waals surface area contributed by atoms with Crippen LogP contribution in [0, 0.1) is 5.92 Å². The number of nitrogens with zero attached hydrogens (tertiary/aromatic N) is 2. The summed E-state index contributed by atoms with van der Waals surface area (Å²) in [7, 11) is 0. The van der Waals surface area contributed by atoms with E-state index in [1.54, 1.807) is 0 Å². The third-order valence-electron chi connectivity index (χ3n) is 2.73. The monoisotopic (exact) mass is 215 g/mol. The van der Waals surface area contributed by atoms with Crippen LogP contribution in [0.15, 0.2) is 42.7 Å². The smallest absolute Gasteiger partial charge is 0.0645 e. The summed E-state index contributed by atoms with van der Waals surface area (Å²) >= 11 is 0. The van der Waals surface area contributed by atoms with E-state index >= 15 is 0 Å². The van der Waals surface area contributed by atoms with Gasteiger partial charge in [-0.3, -0.25) is 0 Å². The van der Waals surface area contributed by atoms with Gasteiger partial charge in [0.05, 0.1) is 11.9 Å². The van der Waals surface area contributed by atoms with Crippen LogP contribution in [-0.4, -0.2) is 9.78 Å². The Morgan fingerprint density at radius 1 is 1.19 bits per heavy atom. The summed E-state index contributed by atoms with van der Waals surface area (Å²) in [6, 6.07) is 10.1. The molecule has 1 heterocycles. The van der Waals surface area contributed by atoms with Gasteiger partial charge in [-0.05, 0) is 18.1 Å². The van der Waals surface area contributed by atoms with E-state index in [4.69, 9.17) is 5.73 Å². The van der Waals surface area contributed by atoms with Crippen molar-refractivity contribution in [2.45, 2.75) is 19.9 Å². The van der Waals surface area contributed by atoms with Gasteiger partial charge in [-0.1, -0.05) is 32.0 Å². The minimum absolute atomic E-state index is 0.0532. The van der Waals surface area contributed by atoms with E-state index in [0.29, 0.717) is 5.92 Å². The van der Waals surface area contributed by atoms with Crippen LogP contribution < -0.4 is 5.73 Å². The average Bonchev–Trinajstić information content (AvgIpc) is 2.78. The molecule has 3 nitrogen and oxygen atoms in total. The lowest BCUT2D eigenvalue weighted by Crippen LogP contribution is -2.15. The van der Waals surface area contributed by atoms with Crippen molar-refractivity contribution in [3.8, 4) is 5.69 Å². The van der Waals surface area contributed by atoms with Gasteiger partial charge in [0.1, 0.15) is 0 Å². The van der Waals surface area contributed by atoms with Crippen molar-refractivity contribution >= 4 is 0 Å². The third kappa shape index (κ3) is 2.14. The zero-order chi connectivity index (χ0) is 11.5. The second-order valence-corrected chi connectivity index (χ2v) is 4.32. The van der Waals surface area contributed by atoms with Gasteiger partial charge < -0.3 is 5.73 Å². The van der Waals surface area contributed by atoms with Crippen molar-refractivity contribution in [2.75, 3.05) is 0 Å². The first-order valence-electron chi connectivity index (χ1n) is 5.54. The van der Waals surface area contributed by atoms with Gasteiger partial charge >= 0.3 is 0 Å². The number of benzene rings is 1. The Morgan fingerprint density at radius 2 is 1.88 bits per heavy atom. The standard InChI is InChI=1S/C13H17N3/c1-10(2)13(14)11-8-15-16(9-11)12-6-4-3-5-7-12/h3-10,13H,14H2,1-2H3. The summed E-state index contributed by atoms with van der Waals surface area (Å²) < 4.78 is 1.86. The van der Waals surface area contributed by atoms with Crippen LogP contribution in [0.3, 0.4) is 0 Å². The Labute approximate surface area is 95.9 Å². The largest absolute Gasteiger partial charge is 0.324 e. The molecule has 1 atom stereocenters. The molecule has 0 bridgehead atoms. The Hall–Kier alpha value is -1.61. The third-order valence-corrected chi connectivity index (χ3v) is 2.73. The molecule has 84 valence electrons. The van der Waals surface area contributed by atoms with Crippen molar-refractivity contribution in [1.82, 2.24) is 9.78 Å². The predicted molar refractivity (Wildman–Crippen MR) is 65.3 cm³/mol. The van der Waals surface area contributed by atoms with Gasteiger partial charge in [-0.15, -0.1) is 0 Å². The Balaban J connectivity index is 2.27. The molecule has 3 heteroatoms. The minimum Gasteiger partial charge on any atom is -0.324 e. The molecule has 0 fully saturated rings. The molecule has 0 aliphatic carbocycles. The van der Waals surface area contributed by atoms with Crippen LogP contribution in [0.5, 0.6) is 0 Å². The van der Waals surface area contributed by atoms with Crippen molar-refractivity contribution in [3.63, 3.8) is 0 Å². The van der Waals surface area contributed by atoms with Crippen molar-refractivity contribution in [2.24, 2.45) is 11.7 Å². The molecule has 0 aliphatic heterocycles. The Bertz CT molecular complexity index is 445. The molecule has 0 aliphatic rings. The first-order chi connectivity index (χ1) is 7.68. The summed E-state index contributed by atoms with van der Waals surface area (Å²) in [6.07, 6.45) is 3.84. The molecule has 0 amide bonds. The number of para-hydroxylation sites is 1. The van der Waals surface area contributed by atoms with Crippen LogP contribution in [0.2, 0.25) is 0 Å². The second-order valence-electron chi connectivity index (χ2n) is 4.32. The van der Waals surface area contributed by atoms with Gasteiger partial charge in [0, 0.05) is 17.8 Å². The maximum Gasteiger partial charge on any atom is 0.0645 e. The molecule has 2 N–H and O–H groups in total. The molecule has 0 radical (unpaired) electrons. The zero-order valence-corrected chi connectivity index (χ0v) is 9.67. The van der Waals surface area contributed by atoms with Gasteiger partial charge in [0.2, 0.25) is 0 Å². The maximum atomic E-state index is 6.08. The fraction of sp³-hybridized carbons (Fsp3) is 0.308. The number of nitrogens with two attached hydrogens (primary N) is 1. The lowest BCUT2D eigenvalue weighted by atomic mass is 10.0. The zero-order valence-electron chi connectivity index (χ0n) is 9.67. The van der Waals surface area contributed by atoms with Crippen molar-refractivity contribution < 1.29 is 0 Å². The van der Waals surface area contributed by atoms with Gasteiger partial charge in [-0.2, -0.15) is 5.10 Å². The average molecular weight is 215 g/mol. The molecule has 1 unspecified atom stereocenters. The topological polar surface area (TPSA) is 43.8 Å². The summed E-state index contributed by atoms with van der Waals surface area (Å²) in [4.78, 5) is 0. The summed E-state index contributed by atoms with van der Waals surface area (Å²) in [5.41, 5.74) is 8.22. The Kier molecular flexibility index (Phi) is 3.06. The molecule has 1 aromatic heterocycles. The van der Waals surface area contributed by atoms with Crippen LogP contribution >= 0.6 is 0 Å². The van der Waals surface area contributed by atoms with Crippen LogP contribution in [-0.2, 0) is 0 Å². The number of rotatable bonds is 3. The highest BCUT2D eigenvalue weighted by molar-refractivity contribution is 5.31. The van der Waals surface area contributed by atoms with Gasteiger partial charge in [-0.25, -0.2) is 4.68 Å². The van der Waals surface area contributed by atoms with E-state index in [2.05, 4.69) is 18.9 Å². The molecule has 1 aromatic carbocycles. The molecule has 16 heavy (non-hydrogen) atoms. The normalized spacial score (nSPS) is 13.0.